The maximum absolute atomic E-state index is 12.0. The van der Waals surface area contributed by atoms with Crippen molar-refractivity contribution in [1.82, 2.24) is 4.90 Å². The van der Waals surface area contributed by atoms with Crippen molar-refractivity contribution in [3.05, 3.63) is 59.7 Å². The summed E-state index contributed by atoms with van der Waals surface area (Å²) in [7, 11) is 3.37. The normalized spacial score (nSPS) is 10.1. The molecule has 2 aromatic rings. The molecule has 0 radical (unpaired) electrons. The van der Waals surface area contributed by atoms with E-state index in [1.165, 1.54) is 4.90 Å². The van der Waals surface area contributed by atoms with Gasteiger partial charge in [0.25, 0.3) is 11.8 Å². The van der Waals surface area contributed by atoms with Gasteiger partial charge < -0.3 is 15.0 Å². The predicted octanol–water partition coefficient (Wildman–Crippen LogP) is 2.97. The summed E-state index contributed by atoms with van der Waals surface area (Å²) in [6.45, 7) is 1.98. The van der Waals surface area contributed by atoms with E-state index in [0.717, 1.165) is 12.0 Å². The molecule has 0 aliphatic heterocycles. The van der Waals surface area contributed by atoms with Crippen LogP contribution in [0.25, 0.3) is 0 Å². The van der Waals surface area contributed by atoms with Gasteiger partial charge in [0.2, 0.25) is 0 Å². The number of benzene rings is 2. The molecule has 0 spiro atoms. The zero-order valence-electron chi connectivity index (χ0n) is 14.2. The molecule has 0 bridgehead atoms. The van der Waals surface area contributed by atoms with Crippen molar-refractivity contribution in [1.29, 1.82) is 0 Å². The largest absolute Gasteiger partial charge is 0.484 e. The third-order valence-electron chi connectivity index (χ3n) is 3.48. The fraction of sp³-hybridized carbons (Fsp3) is 0.263. The van der Waals surface area contributed by atoms with Crippen LogP contribution in [0.2, 0.25) is 0 Å². The van der Waals surface area contributed by atoms with Crippen LogP contribution in [-0.4, -0.2) is 37.4 Å². The number of anilines is 1. The van der Waals surface area contributed by atoms with E-state index < -0.39 is 0 Å². The minimum Gasteiger partial charge on any atom is -0.484 e. The van der Waals surface area contributed by atoms with Gasteiger partial charge in [-0.25, -0.2) is 0 Å². The molecule has 0 aliphatic rings. The van der Waals surface area contributed by atoms with Crippen LogP contribution < -0.4 is 10.1 Å². The smallest absolute Gasteiger partial charge is 0.262 e. The Morgan fingerprint density at radius 1 is 1.08 bits per heavy atom. The molecule has 0 unspecified atom stereocenters. The van der Waals surface area contributed by atoms with E-state index in [0.29, 0.717) is 17.0 Å². The van der Waals surface area contributed by atoms with Gasteiger partial charge in [0.15, 0.2) is 6.61 Å². The van der Waals surface area contributed by atoms with Crippen LogP contribution in [0.15, 0.2) is 48.5 Å². The Morgan fingerprint density at radius 2 is 1.83 bits per heavy atom. The number of nitrogens with one attached hydrogen (secondary N) is 1. The number of aryl methyl sites for hydroxylation is 1. The number of carbonyl (C=O) groups is 2. The third kappa shape index (κ3) is 4.84. The lowest BCUT2D eigenvalue weighted by molar-refractivity contribution is -0.118. The Labute approximate surface area is 142 Å². The fourth-order valence-electron chi connectivity index (χ4n) is 2.19. The number of hydrogen-bond donors (Lipinski definition) is 1. The summed E-state index contributed by atoms with van der Waals surface area (Å²) in [6.07, 6.45) is 0.913. The molecular formula is C19H22N2O3. The van der Waals surface area contributed by atoms with Gasteiger partial charge >= 0.3 is 0 Å². The van der Waals surface area contributed by atoms with E-state index in [1.54, 1.807) is 38.4 Å². The molecule has 1 N–H and O–H groups in total. The van der Waals surface area contributed by atoms with E-state index in [4.69, 9.17) is 4.74 Å². The molecule has 126 valence electrons. The van der Waals surface area contributed by atoms with Crippen LogP contribution in [0.4, 0.5) is 5.69 Å². The van der Waals surface area contributed by atoms with Crippen molar-refractivity contribution in [2.45, 2.75) is 13.3 Å². The highest BCUT2D eigenvalue weighted by atomic mass is 16.5. The standard InChI is InChI=1S/C19H22N2O3/c1-4-14-7-5-10-17(11-14)24-13-18(22)20-16-9-6-8-15(12-16)19(23)21(2)3/h5-12H,4,13H2,1-3H3,(H,20,22). The van der Waals surface area contributed by atoms with E-state index >= 15 is 0 Å². The summed E-state index contributed by atoms with van der Waals surface area (Å²) in [5.74, 6) is 0.283. The van der Waals surface area contributed by atoms with Crippen molar-refractivity contribution >= 4 is 17.5 Å². The monoisotopic (exact) mass is 326 g/mol. The lowest BCUT2D eigenvalue weighted by atomic mass is 10.2. The Bertz CT molecular complexity index is 726. The quantitative estimate of drug-likeness (QED) is 0.888. The van der Waals surface area contributed by atoms with Crippen LogP contribution in [0.5, 0.6) is 5.75 Å². The number of carbonyl (C=O) groups excluding carboxylic acids is 2. The first kappa shape index (κ1) is 17.5. The lowest BCUT2D eigenvalue weighted by Gasteiger charge is -2.12. The molecule has 5 nitrogen and oxygen atoms in total. The number of rotatable bonds is 6. The molecule has 0 fully saturated rings. The second kappa shape index (κ2) is 8.15. The van der Waals surface area contributed by atoms with Gasteiger partial charge in [-0.05, 0) is 42.3 Å². The Morgan fingerprint density at radius 3 is 2.54 bits per heavy atom. The van der Waals surface area contributed by atoms with Crippen LogP contribution in [0.1, 0.15) is 22.8 Å². The summed E-state index contributed by atoms with van der Waals surface area (Å²) in [6, 6.07) is 14.5. The Balaban J connectivity index is 1.94. The maximum atomic E-state index is 12.0. The Hall–Kier alpha value is -2.82. The van der Waals surface area contributed by atoms with E-state index in [9.17, 15) is 9.59 Å². The molecule has 2 amide bonds. The zero-order valence-corrected chi connectivity index (χ0v) is 14.2. The maximum Gasteiger partial charge on any atom is 0.262 e. The minimum absolute atomic E-state index is 0.0843. The fourth-order valence-corrected chi connectivity index (χ4v) is 2.19. The van der Waals surface area contributed by atoms with Crippen molar-refractivity contribution in [2.75, 3.05) is 26.0 Å². The highest BCUT2D eigenvalue weighted by Gasteiger charge is 2.10. The van der Waals surface area contributed by atoms with E-state index in [1.807, 2.05) is 24.3 Å². The average Bonchev–Trinajstić information content (AvgIpc) is 2.59. The highest BCUT2D eigenvalue weighted by Crippen LogP contribution is 2.15. The molecular weight excluding hydrogens is 304 g/mol. The first-order chi connectivity index (χ1) is 11.5. The minimum atomic E-state index is -0.272. The number of amides is 2. The van der Waals surface area contributed by atoms with Crippen molar-refractivity contribution < 1.29 is 14.3 Å². The van der Waals surface area contributed by atoms with Gasteiger partial charge in [-0.2, -0.15) is 0 Å². The number of ether oxygens (including phenoxy) is 1. The third-order valence-corrected chi connectivity index (χ3v) is 3.48. The molecule has 0 saturated heterocycles. The number of nitrogens with zero attached hydrogens (tertiary/aromatic N) is 1. The highest BCUT2D eigenvalue weighted by molar-refractivity contribution is 5.97. The van der Waals surface area contributed by atoms with Crippen LogP contribution in [0.3, 0.4) is 0 Å². The molecule has 2 aromatic carbocycles. The summed E-state index contributed by atoms with van der Waals surface area (Å²) in [5, 5.41) is 2.74. The SMILES string of the molecule is CCc1cccc(OCC(=O)Nc2cccc(C(=O)N(C)C)c2)c1. The van der Waals surface area contributed by atoms with Crippen LogP contribution in [-0.2, 0) is 11.2 Å². The summed E-state index contributed by atoms with van der Waals surface area (Å²) >= 11 is 0. The summed E-state index contributed by atoms with van der Waals surface area (Å²) in [5.41, 5.74) is 2.25. The topological polar surface area (TPSA) is 58.6 Å². The van der Waals surface area contributed by atoms with Gasteiger partial charge in [0.05, 0.1) is 0 Å². The van der Waals surface area contributed by atoms with Crippen LogP contribution in [0, 0.1) is 0 Å². The first-order valence-electron chi connectivity index (χ1n) is 7.83. The average molecular weight is 326 g/mol. The molecule has 24 heavy (non-hydrogen) atoms. The first-order valence-corrected chi connectivity index (χ1v) is 7.83. The summed E-state index contributed by atoms with van der Waals surface area (Å²) in [4.78, 5) is 25.5. The molecule has 5 heteroatoms. The van der Waals surface area contributed by atoms with Crippen LogP contribution >= 0.6 is 0 Å². The van der Waals surface area contributed by atoms with E-state index in [-0.39, 0.29) is 18.4 Å². The molecule has 0 atom stereocenters. The van der Waals surface area contributed by atoms with Crippen molar-refractivity contribution in [2.24, 2.45) is 0 Å². The van der Waals surface area contributed by atoms with Gasteiger partial charge in [-0.15, -0.1) is 0 Å². The second-order valence-electron chi connectivity index (χ2n) is 5.62. The lowest BCUT2D eigenvalue weighted by Crippen LogP contribution is -2.23. The summed E-state index contributed by atoms with van der Waals surface area (Å²) < 4.78 is 5.51. The molecule has 2 rings (SSSR count). The van der Waals surface area contributed by atoms with Gasteiger partial charge in [-0.1, -0.05) is 25.1 Å². The van der Waals surface area contributed by atoms with Crippen molar-refractivity contribution in [3.63, 3.8) is 0 Å². The molecule has 0 heterocycles. The molecule has 0 aromatic heterocycles. The second-order valence-corrected chi connectivity index (χ2v) is 5.62. The predicted molar refractivity (Wildman–Crippen MR) is 94.4 cm³/mol. The van der Waals surface area contributed by atoms with Gasteiger partial charge in [-0.3, -0.25) is 9.59 Å². The molecule has 0 aliphatic carbocycles. The van der Waals surface area contributed by atoms with E-state index in [2.05, 4.69) is 12.2 Å². The Kier molecular flexibility index (Phi) is 5.95. The van der Waals surface area contributed by atoms with Gasteiger partial charge in [0, 0.05) is 25.3 Å². The van der Waals surface area contributed by atoms with Crippen molar-refractivity contribution in [3.8, 4) is 5.75 Å². The molecule has 0 saturated carbocycles. The zero-order chi connectivity index (χ0) is 17.5. The number of hydrogen-bond acceptors (Lipinski definition) is 3. The van der Waals surface area contributed by atoms with Gasteiger partial charge in [0.1, 0.15) is 5.75 Å².